The molecule has 0 fully saturated rings. The highest BCUT2D eigenvalue weighted by Crippen LogP contribution is 2.01. The third-order valence-electron chi connectivity index (χ3n) is 2.16. The van der Waals surface area contributed by atoms with Crippen LogP contribution in [-0.2, 0) is 0 Å². The van der Waals surface area contributed by atoms with Crippen molar-refractivity contribution in [3.8, 4) is 0 Å². The first-order valence-electron chi connectivity index (χ1n) is 5.43. The standard InChI is InChI=1S/C11H17N3O2/c1-8(2)4-3-7-12-11(16)9-5-6-10(15)14-13-9/h5-6,8H,3-4,7H2,1-2H3,(H,12,16)(H,14,15). The molecule has 2 N–H and O–H groups in total. The molecular formula is C11H17N3O2. The molecule has 1 aromatic heterocycles. The van der Waals surface area contributed by atoms with Crippen LogP contribution in [0.4, 0.5) is 0 Å². The minimum atomic E-state index is -0.309. The fourth-order valence-corrected chi connectivity index (χ4v) is 1.27. The van der Waals surface area contributed by atoms with E-state index in [-0.39, 0.29) is 17.2 Å². The van der Waals surface area contributed by atoms with E-state index >= 15 is 0 Å². The van der Waals surface area contributed by atoms with Gasteiger partial charge in [-0.05, 0) is 24.8 Å². The van der Waals surface area contributed by atoms with Gasteiger partial charge in [-0.25, -0.2) is 5.10 Å². The largest absolute Gasteiger partial charge is 0.351 e. The van der Waals surface area contributed by atoms with Crippen LogP contribution in [0.15, 0.2) is 16.9 Å². The predicted octanol–water partition coefficient (Wildman–Crippen LogP) is 0.936. The van der Waals surface area contributed by atoms with Gasteiger partial charge in [0.25, 0.3) is 11.5 Å². The van der Waals surface area contributed by atoms with Gasteiger partial charge in [-0.2, -0.15) is 5.10 Å². The highest BCUT2D eigenvalue weighted by atomic mass is 16.2. The first kappa shape index (κ1) is 12.4. The summed E-state index contributed by atoms with van der Waals surface area (Å²) >= 11 is 0. The molecule has 16 heavy (non-hydrogen) atoms. The molecule has 1 aromatic rings. The molecule has 0 bridgehead atoms. The molecule has 0 aliphatic rings. The van der Waals surface area contributed by atoms with Crippen LogP contribution in [0.5, 0.6) is 0 Å². The molecule has 0 unspecified atom stereocenters. The number of aromatic nitrogens is 2. The molecule has 0 saturated carbocycles. The van der Waals surface area contributed by atoms with Gasteiger partial charge in [0.15, 0.2) is 0 Å². The second-order valence-corrected chi connectivity index (χ2v) is 4.10. The van der Waals surface area contributed by atoms with Crippen LogP contribution in [0.1, 0.15) is 37.2 Å². The van der Waals surface area contributed by atoms with Crippen molar-refractivity contribution in [3.63, 3.8) is 0 Å². The SMILES string of the molecule is CC(C)CCCNC(=O)c1ccc(=O)[nH]n1. The van der Waals surface area contributed by atoms with E-state index in [0.717, 1.165) is 12.8 Å². The number of nitrogens with zero attached hydrogens (tertiary/aromatic N) is 1. The minimum absolute atomic E-state index is 0.240. The Kier molecular flexibility index (Phi) is 4.69. The van der Waals surface area contributed by atoms with E-state index < -0.39 is 0 Å². The Hall–Kier alpha value is -1.65. The summed E-state index contributed by atoms with van der Waals surface area (Å²) < 4.78 is 0. The summed E-state index contributed by atoms with van der Waals surface area (Å²) in [5, 5.41) is 8.62. The summed E-state index contributed by atoms with van der Waals surface area (Å²) in [7, 11) is 0. The monoisotopic (exact) mass is 223 g/mol. The third-order valence-corrected chi connectivity index (χ3v) is 2.16. The molecular weight excluding hydrogens is 206 g/mol. The van der Waals surface area contributed by atoms with Crippen LogP contribution in [-0.4, -0.2) is 22.6 Å². The molecule has 1 rings (SSSR count). The fraction of sp³-hybridized carbons (Fsp3) is 0.545. The second-order valence-electron chi connectivity index (χ2n) is 4.10. The maximum atomic E-state index is 11.5. The summed E-state index contributed by atoms with van der Waals surface area (Å²) in [5.41, 5.74) is -0.0690. The van der Waals surface area contributed by atoms with Crippen molar-refractivity contribution in [1.82, 2.24) is 15.5 Å². The molecule has 0 saturated heterocycles. The summed E-state index contributed by atoms with van der Waals surface area (Å²) in [4.78, 5) is 22.2. The van der Waals surface area contributed by atoms with E-state index in [2.05, 4.69) is 29.4 Å². The topological polar surface area (TPSA) is 74.8 Å². The number of rotatable bonds is 5. The van der Waals surface area contributed by atoms with Gasteiger partial charge in [-0.15, -0.1) is 0 Å². The van der Waals surface area contributed by atoms with E-state index in [4.69, 9.17) is 0 Å². The van der Waals surface area contributed by atoms with E-state index in [0.29, 0.717) is 12.5 Å². The van der Waals surface area contributed by atoms with E-state index in [1.54, 1.807) is 0 Å². The predicted molar refractivity (Wildman–Crippen MR) is 61.3 cm³/mol. The van der Waals surface area contributed by atoms with Gasteiger partial charge in [0.2, 0.25) is 0 Å². The number of carbonyl (C=O) groups is 1. The van der Waals surface area contributed by atoms with Gasteiger partial charge < -0.3 is 5.32 Å². The Bertz CT molecular complexity index is 378. The quantitative estimate of drug-likeness (QED) is 0.729. The van der Waals surface area contributed by atoms with Crippen molar-refractivity contribution in [2.24, 2.45) is 5.92 Å². The van der Waals surface area contributed by atoms with Gasteiger partial charge in [0.1, 0.15) is 5.69 Å². The maximum Gasteiger partial charge on any atom is 0.271 e. The zero-order valence-electron chi connectivity index (χ0n) is 9.62. The number of hydrogen-bond acceptors (Lipinski definition) is 3. The van der Waals surface area contributed by atoms with Gasteiger partial charge in [0, 0.05) is 12.6 Å². The zero-order valence-corrected chi connectivity index (χ0v) is 9.62. The number of aromatic amines is 1. The van der Waals surface area contributed by atoms with Crippen LogP contribution in [0.3, 0.4) is 0 Å². The Morgan fingerprint density at radius 1 is 1.50 bits per heavy atom. The smallest absolute Gasteiger partial charge is 0.271 e. The van der Waals surface area contributed by atoms with Crippen LogP contribution in [0.2, 0.25) is 0 Å². The molecule has 5 heteroatoms. The number of H-pyrrole nitrogens is 1. The van der Waals surface area contributed by atoms with Crippen molar-refractivity contribution >= 4 is 5.91 Å². The average Bonchev–Trinajstić information content (AvgIpc) is 2.25. The Morgan fingerprint density at radius 2 is 2.25 bits per heavy atom. The van der Waals surface area contributed by atoms with Crippen LogP contribution < -0.4 is 10.9 Å². The van der Waals surface area contributed by atoms with Crippen LogP contribution >= 0.6 is 0 Å². The Balaban J connectivity index is 2.35. The molecule has 0 aromatic carbocycles. The number of hydrogen-bond donors (Lipinski definition) is 2. The lowest BCUT2D eigenvalue weighted by Crippen LogP contribution is -2.26. The number of amides is 1. The summed E-state index contributed by atoms with van der Waals surface area (Å²) in [6.45, 7) is 4.93. The van der Waals surface area contributed by atoms with Crippen molar-refractivity contribution < 1.29 is 4.79 Å². The highest BCUT2D eigenvalue weighted by molar-refractivity contribution is 5.91. The van der Waals surface area contributed by atoms with Crippen molar-refractivity contribution in [2.75, 3.05) is 6.54 Å². The Morgan fingerprint density at radius 3 is 2.81 bits per heavy atom. The molecule has 0 aliphatic heterocycles. The molecule has 0 atom stereocenters. The van der Waals surface area contributed by atoms with Gasteiger partial charge in [-0.3, -0.25) is 9.59 Å². The van der Waals surface area contributed by atoms with Crippen LogP contribution in [0.25, 0.3) is 0 Å². The lowest BCUT2D eigenvalue weighted by molar-refractivity contribution is 0.0946. The van der Waals surface area contributed by atoms with E-state index in [1.807, 2.05) is 0 Å². The summed E-state index contributed by atoms with van der Waals surface area (Å²) in [6, 6.07) is 2.70. The van der Waals surface area contributed by atoms with Crippen LogP contribution in [0, 0.1) is 5.92 Å². The van der Waals surface area contributed by atoms with E-state index in [1.165, 1.54) is 12.1 Å². The minimum Gasteiger partial charge on any atom is -0.351 e. The van der Waals surface area contributed by atoms with Crippen molar-refractivity contribution in [2.45, 2.75) is 26.7 Å². The van der Waals surface area contributed by atoms with Crippen molar-refractivity contribution in [3.05, 3.63) is 28.2 Å². The molecule has 1 heterocycles. The zero-order chi connectivity index (χ0) is 12.0. The summed E-state index contributed by atoms with van der Waals surface area (Å²) in [5.74, 6) is 0.392. The molecule has 0 spiro atoms. The molecule has 1 amide bonds. The Labute approximate surface area is 94.3 Å². The second kappa shape index (κ2) is 6.05. The van der Waals surface area contributed by atoms with E-state index in [9.17, 15) is 9.59 Å². The van der Waals surface area contributed by atoms with Gasteiger partial charge in [0.05, 0.1) is 0 Å². The highest BCUT2D eigenvalue weighted by Gasteiger charge is 2.05. The third kappa shape index (κ3) is 4.25. The number of carbonyl (C=O) groups excluding carboxylic acids is 1. The fourth-order valence-electron chi connectivity index (χ4n) is 1.27. The maximum absolute atomic E-state index is 11.5. The lowest BCUT2D eigenvalue weighted by atomic mass is 10.1. The normalized spacial score (nSPS) is 10.4. The molecule has 0 aliphatic carbocycles. The molecule has 5 nitrogen and oxygen atoms in total. The number of nitrogens with one attached hydrogen (secondary N) is 2. The molecule has 88 valence electrons. The first-order valence-corrected chi connectivity index (χ1v) is 5.43. The van der Waals surface area contributed by atoms with Gasteiger partial charge >= 0.3 is 0 Å². The molecule has 0 radical (unpaired) electrons. The average molecular weight is 223 g/mol. The summed E-state index contributed by atoms with van der Waals surface area (Å²) in [6.07, 6.45) is 2.03. The lowest BCUT2D eigenvalue weighted by Gasteiger charge is -2.05. The first-order chi connectivity index (χ1) is 7.59. The van der Waals surface area contributed by atoms with Crippen molar-refractivity contribution in [1.29, 1.82) is 0 Å². The van der Waals surface area contributed by atoms with Gasteiger partial charge in [-0.1, -0.05) is 13.8 Å².